The summed E-state index contributed by atoms with van der Waals surface area (Å²) in [4.78, 5) is 22.7. The molecule has 1 aromatic carbocycles. The molecular formula is C25H28N8OS. The fraction of sp³-hybridized carbons (Fsp3) is 0.400. The molecule has 180 valence electrons. The van der Waals surface area contributed by atoms with Gasteiger partial charge in [0.2, 0.25) is 5.91 Å². The van der Waals surface area contributed by atoms with Crippen LogP contribution in [0.15, 0.2) is 54.6 Å². The maximum atomic E-state index is 13.2. The van der Waals surface area contributed by atoms with Crippen LogP contribution in [0.25, 0.3) is 16.1 Å². The van der Waals surface area contributed by atoms with Crippen molar-refractivity contribution in [3.63, 3.8) is 0 Å². The Morgan fingerprint density at radius 3 is 2.51 bits per heavy atom. The number of carbonyl (C=O) groups excluding carboxylic acids is 1. The van der Waals surface area contributed by atoms with Crippen molar-refractivity contribution in [1.29, 1.82) is 0 Å². The number of tetrazole rings is 1. The third-order valence-electron chi connectivity index (χ3n) is 7.01. The van der Waals surface area contributed by atoms with E-state index in [9.17, 15) is 4.79 Å². The maximum absolute atomic E-state index is 13.2. The largest absolute Gasteiger partial charge is 0.355 e. The maximum Gasteiger partial charge on any atom is 0.225 e. The Bertz CT molecular complexity index is 1290. The fourth-order valence-corrected chi connectivity index (χ4v) is 6.05. The summed E-state index contributed by atoms with van der Waals surface area (Å²) in [5.41, 5.74) is 1.91. The van der Waals surface area contributed by atoms with Gasteiger partial charge in [-0.05, 0) is 53.1 Å². The number of aromatic nitrogens is 5. The molecule has 0 bridgehead atoms. The van der Waals surface area contributed by atoms with Gasteiger partial charge in [-0.1, -0.05) is 30.3 Å². The number of hydrogen-bond donors (Lipinski definition) is 0. The van der Waals surface area contributed by atoms with E-state index in [1.54, 1.807) is 0 Å². The first kappa shape index (κ1) is 22.1. The van der Waals surface area contributed by atoms with E-state index < -0.39 is 0 Å². The van der Waals surface area contributed by atoms with E-state index in [0.717, 1.165) is 64.5 Å². The third-order valence-corrected chi connectivity index (χ3v) is 8.13. The smallest absolute Gasteiger partial charge is 0.225 e. The van der Waals surface area contributed by atoms with E-state index in [1.807, 2.05) is 23.5 Å². The van der Waals surface area contributed by atoms with Crippen molar-refractivity contribution in [2.45, 2.75) is 19.4 Å². The average molecular weight is 489 g/mol. The van der Waals surface area contributed by atoms with Crippen LogP contribution >= 0.6 is 11.3 Å². The molecule has 0 atom stereocenters. The van der Waals surface area contributed by atoms with Crippen molar-refractivity contribution in [3.8, 4) is 10.4 Å². The van der Waals surface area contributed by atoms with E-state index in [0.29, 0.717) is 11.6 Å². The first-order chi connectivity index (χ1) is 17.2. The quantitative estimate of drug-likeness (QED) is 0.427. The van der Waals surface area contributed by atoms with Gasteiger partial charge in [0.15, 0.2) is 11.5 Å². The van der Waals surface area contributed by atoms with Crippen LogP contribution in [0.1, 0.15) is 17.7 Å². The lowest BCUT2D eigenvalue weighted by atomic mass is 9.95. The van der Waals surface area contributed by atoms with Crippen LogP contribution in [-0.2, 0) is 11.3 Å². The number of benzene rings is 1. The van der Waals surface area contributed by atoms with Gasteiger partial charge < -0.3 is 9.80 Å². The molecule has 2 aliphatic heterocycles. The van der Waals surface area contributed by atoms with Gasteiger partial charge in [0.25, 0.3) is 0 Å². The van der Waals surface area contributed by atoms with Gasteiger partial charge in [-0.2, -0.15) is 0 Å². The first-order valence-corrected chi connectivity index (χ1v) is 13.0. The highest BCUT2D eigenvalue weighted by Crippen LogP contribution is 2.29. The third kappa shape index (κ3) is 4.76. The highest BCUT2D eigenvalue weighted by atomic mass is 32.1. The molecule has 5 heterocycles. The van der Waals surface area contributed by atoms with Crippen LogP contribution in [0.2, 0.25) is 0 Å². The van der Waals surface area contributed by atoms with Crippen LogP contribution in [0.3, 0.4) is 0 Å². The topological polar surface area (TPSA) is 82.8 Å². The Morgan fingerprint density at radius 1 is 0.914 bits per heavy atom. The second-order valence-electron chi connectivity index (χ2n) is 9.21. The zero-order valence-electron chi connectivity index (χ0n) is 19.5. The summed E-state index contributed by atoms with van der Waals surface area (Å²) in [5, 5.41) is 15.9. The molecule has 0 aliphatic carbocycles. The molecule has 0 radical (unpaired) electrons. The van der Waals surface area contributed by atoms with E-state index in [-0.39, 0.29) is 5.92 Å². The second-order valence-corrected chi connectivity index (χ2v) is 10.4. The molecule has 9 nitrogen and oxygen atoms in total. The second kappa shape index (κ2) is 9.71. The van der Waals surface area contributed by atoms with Crippen LogP contribution in [0.4, 0.5) is 5.82 Å². The lowest BCUT2D eigenvalue weighted by Gasteiger charge is -2.38. The number of anilines is 1. The Hall–Kier alpha value is -3.37. The van der Waals surface area contributed by atoms with E-state index in [1.165, 1.54) is 19.9 Å². The normalized spacial score (nSPS) is 17.8. The number of fused-ring (bicyclic) bond motifs is 1. The SMILES string of the molecule is O=C(C1CCN(c2ccc3nnnn3n2)CC1)N1CCN(Cc2ccc(-c3ccccc3)s2)CC1. The van der Waals surface area contributed by atoms with E-state index in [2.05, 4.69) is 77.8 Å². The summed E-state index contributed by atoms with van der Waals surface area (Å²) in [6.07, 6.45) is 1.71. The highest BCUT2D eigenvalue weighted by Gasteiger charge is 2.31. The summed E-state index contributed by atoms with van der Waals surface area (Å²) in [7, 11) is 0. The number of amides is 1. The molecule has 3 aromatic heterocycles. The Kier molecular flexibility index (Phi) is 6.13. The van der Waals surface area contributed by atoms with Gasteiger partial charge >= 0.3 is 0 Å². The lowest BCUT2D eigenvalue weighted by Crippen LogP contribution is -2.51. The standard InChI is InChI=1S/C25H28N8OS/c34-25(20-10-12-31(13-11-20)24-9-8-23-26-28-29-33(23)27-24)32-16-14-30(15-17-32)18-21-6-7-22(35-21)19-4-2-1-3-5-19/h1-9,20H,10-18H2. The molecule has 35 heavy (non-hydrogen) atoms. The van der Waals surface area contributed by atoms with Crippen molar-refractivity contribution in [3.05, 3.63) is 59.5 Å². The van der Waals surface area contributed by atoms with Crippen LogP contribution in [0.5, 0.6) is 0 Å². The molecule has 2 fully saturated rings. The molecule has 6 rings (SSSR count). The minimum Gasteiger partial charge on any atom is -0.355 e. The average Bonchev–Trinajstić information content (AvgIpc) is 3.59. The number of piperidine rings is 1. The zero-order valence-corrected chi connectivity index (χ0v) is 20.3. The Labute approximate surface area is 208 Å². The van der Waals surface area contributed by atoms with Crippen LogP contribution in [-0.4, -0.2) is 80.2 Å². The number of thiophene rings is 1. The van der Waals surface area contributed by atoms with Crippen molar-refractivity contribution >= 4 is 28.7 Å². The molecule has 0 N–H and O–H groups in total. The van der Waals surface area contributed by atoms with E-state index in [4.69, 9.17) is 0 Å². The predicted octanol–water partition coefficient (Wildman–Crippen LogP) is 2.81. The minimum absolute atomic E-state index is 0.0975. The first-order valence-electron chi connectivity index (χ1n) is 12.2. The summed E-state index contributed by atoms with van der Waals surface area (Å²) in [5.74, 6) is 1.27. The fourth-order valence-electron chi connectivity index (χ4n) is 4.99. The Morgan fingerprint density at radius 2 is 1.71 bits per heavy atom. The number of rotatable bonds is 5. The van der Waals surface area contributed by atoms with Crippen LogP contribution < -0.4 is 4.90 Å². The van der Waals surface area contributed by atoms with Gasteiger partial charge in [0.05, 0.1) is 0 Å². The van der Waals surface area contributed by atoms with Gasteiger partial charge in [-0.3, -0.25) is 9.69 Å². The lowest BCUT2D eigenvalue weighted by molar-refractivity contribution is -0.138. The highest BCUT2D eigenvalue weighted by molar-refractivity contribution is 7.15. The molecule has 4 aromatic rings. The Balaban J connectivity index is 0.985. The summed E-state index contributed by atoms with van der Waals surface area (Å²) in [6, 6.07) is 18.8. The summed E-state index contributed by atoms with van der Waals surface area (Å²) < 4.78 is 1.45. The molecule has 0 unspecified atom stereocenters. The zero-order chi connectivity index (χ0) is 23.6. The minimum atomic E-state index is 0.0975. The van der Waals surface area contributed by atoms with Crippen molar-refractivity contribution in [2.24, 2.45) is 5.92 Å². The predicted molar refractivity (Wildman–Crippen MR) is 135 cm³/mol. The number of carbonyl (C=O) groups is 1. The molecule has 1 amide bonds. The number of hydrogen-bond acceptors (Lipinski definition) is 8. The van der Waals surface area contributed by atoms with Crippen LogP contribution in [0, 0.1) is 5.92 Å². The molecule has 10 heteroatoms. The monoisotopic (exact) mass is 488 g/mol. The van der Waals surface area contributed by atoms with Gasteiger partial charge in [0, 0.05) is 61.5 Å². The molecular weight excluding hydrogens is 460 g/mol. The van der Waals surface area contributed by atoms with Gasteiger partial charge in [-0.15, -0.1) is 26.2 Å². The van der Waals surface area contributed by atoms with Crippen molar-refractivity contribution in [1.82, 2.24) is 35.1 Å². The van der Waals surface area contributed by atoms with Gasteiger partial charge in [-0.25, -0.2) is 0 Å². The number of piperazine rings is 1. The summed E-state index contributed by atoms with van der Waals surface area (Å²) in [6.45, 7) is 6.08. The van der Waals surface area contributed by atoms with Crippen molar-refractivity contribution in [2.75, 3.05) is 44.2 Å². The summed E-state index contributed by atoms with van der Waals surface area (Å²) >= 11 is 1.86. The van der Waals surface area contributed by atoms with E-state index >= 15 is 0 Å². The molecule has 0 saturated carbocycles. The molecule has 2 saturated heterocycles. The molecule has 0 spiro atoms. The van der Waals surface area contributed by atoms with Gasteiger partial charge in [0.1, 0.15) is 0 Å². The van der Waals surface area contributed by atoms with Crippen molar-refractivity contribution < 1.29 is 4.79 Å². The molecule has 2 aliphatic rings. The number of nitrogens with zero attached hydrogens (tertiary/aromatic N) is 8.